The van der Waals surface area contributed by atoms with Gasteiger partial charge >= 0.3 is 5.97 Å². The molecule has 0 saturated carbocycles. The van der Waals surface area contributed by atoms with Crippen molar-refractivity contribution in [3.8, 4) is 11.3 Å². The van der Waals surface area contributed by atoms with E-state index in [1.807, 2.05) is 35.2 Å². The first kappa shape index (κ1) is 17.2. The normalized spacial score (nSPS) is 14.1. The predicted octanol–water partition coefficient (Wildman–Crippen LogP) is 2.93. The third-order valence-electron chi connectivity index (χ3n) is 4.26. The number of ether oxygens (including phenoxy) is 2. The molecule has 0 unspecified atom stereocenters. The summed E-state index contributed by atoms with van der Waals surface area (Å²) in [5.74, 6) is 1.14. The molecule has 1 aliphatic rings. The highest BCUT2D eigenvalue weighted by atomic mass is 16.5. The second kappa shape index (κ2) is 8.01. The van der Waals surface area contributed by atoms with Gasteiger partial charge in [-0.2, -0.15) is 0 Å². The SMILES string of the molecule is O=C(OCc1ncc(-c2ccccc2)o1)c1cccnc1N1CCOCC1. The molecule has 0 N–H and O–H groups in total. The van der Waals surface area contributed by atoms with Crippen LogP contribution in [-0.2, 0) is 16.1 Å². The van der Waals surface area contributed by atoms with E-state index in [9.17, 15) is 4.79 Å². The minimum atomic E-state index is -0.455. The van der Waals surface area contributed by atoms with Crippen molar-refractivity contribution in [3.05, 3.63) is 66.3 Å². The van der Waals surface area contributed by atoms with Crippen LogP contribution in [0.15, 0.2) is 59.3 Å². The van der Waals surface area contributed by atoms with Gasteiger partial charge in [0.2, 0.25) is 5.89 Å². The van der Waals surface area contributed by atoms with E-state index in [2.05, 4.69) is 9.97 Å². The van der Waals surface area contributed by atoms with Gasteiger partial charge in [0, 0.05) is 24.8 Å². The molecule has 1 fully saturated rings. The number of oxazole rings is 1. The average Bonchev–Trinajstić information content (AvgIpc) is 3.22. The Labute approximate surface area is 156 Å². The number of carbonyl (C=O) groups excluding carboxylic acids is 1. The number of hydrogen-bond acceptors (Lipinski definition) is 7. The van der Waals surface area contributed by atoms with Crippen molar-refractivity contribution in [2.45, 2.75) is 6.61 Å². The number of nitrogens with zero attached hydrogens (tertiary/aromatic N) is 3. The summed E-state index contributed by atoms with van der Waals surface area (Å²) in [7, 11) is 0. The van der Waals surface area contributed by atoms with Gasteiger partial charge in [-0.1, -0.05) is 30.3 Å². The minimum Gasteiger partial charge on any atom is -0.452 e. The summed E-state index contributed by atoms with van der Waals surface area (Å²) < 4.78 is 16.4. The first-order valence-electron chi connectivity index (χ1n) is 8.76. The molecule has 3 aromatic rings. The topological polar surface area (TPSA) is 77.7 Å². The fourth-order valence-corrected chi connectivity index (χ4v) is 2.90. The molecule has 0 amide bonds. The van der Waals surface area contributed by atoms with Gasteiger partial charge in [-0.15, -0.1) is 0 Å². The maximum atomic E-state index is 12.6. The molecule has 4 rings (SSSR count). The molecule has 0 bridgehead atoms. The second-order valence-electron chi connectivity index (χ2n) is 6.03. The summed E-state index contributed by atoms with van der Waals surface area (Å²) in [5, 5.41) is 0. The number of aromatic nitrogens is 2. The van der Waals surface area contributed by atoms with Crippen molar-refractivity contribution < 1.29 is 18.7 Å². The molecule has 1 saturated heterocycles. The predicted molar refractivity (Wildman–Crippen MR) is 98.3 cm³/mol. The molecule has 0 atom stereocenters. The Morgan fingerprint density at radius 3 is 2.70 bits per heavy atom. The van der Waals surface area contributed by atoms with Gasteiger partial charge in [0.25, 0.3) is 0 Å². The number of carbonyl (C=O) groups is 1. The van der Waals surface area contributed by atoms with Crippen LogP contribution < -0.4 is 4.90 Å². The van der Waals surface area contributed by atoms with Crippen LogP contribution in [0.1, 0.15) is 16.2 Å². The van der Waals surface area contributed by atoms with Crippen molar-refractivity contribution in [1.82, 2.24) is 9.97 Å². The monoisotopic (exact) mass is 365 g/mol. The van der Waals surface area contributed by atoms with Crippen LogP contribution in [0, 0.1) is 0 Å². The lowest BCUT2D eigenvalue weighted by Gasteiger charge is -2.28. The van der Waals surface area contributed by atoms with Gasteiger partial charge in [0.15, 0.2) is 12.4 Å². The van der Waals surface area contributed by atoms with E-state index in [1.165, 1.54) is 0 Å². The maximum absolute atomic E-state index is 12.6. The molecule has 2 aromatic heterocycles. The van der Waals surface area contributed by atoms with Crippen LogP contribution >= 0.6 is 0 Å². The molecular formula is C20H19N3O4. The van der Waals surface area contributed by atoms with Gasteiger partial charge in [0.1, 0.15) is 11.4 Å². The number of hydrogen-bond donors (Lipinski definition) is 0. The zero-order chi connectivity index (χ0) is 18.5. The van der Waals surface area contributed by atoms with Gasteiger partial charge in [-0.05, 0) is 12.1 Å². The summed E-state index contributed by atoms with van der Waals surface area (Å²) >= 11 is 0. The summed E-state index contributed by atoms with van der Waals surface area (Å²) in [6, 6.07) is 13.1. The number of pyridine rings is 1. The van der Waals surface area contributed by atoms with Crippen molar-refractivity contribution in [1.29, 1.82) is 0 Å². The lowest BCUT2D eigenvalue weighted by Crippen LogP contribution is -2.37. The third-order valence-corrected chi connectivity index (χ3v) is 4.26. The summed E-state index contributed by atoms with van der Waals surface area (Å²) in [6.07, 6.45) is 3.30. The van der Waals surface area contributed by atoms with E-state index in [4.69, 9.17) is 13.9 Å². The molecule has 0 aliphatic carbocycles. The summed E-state index contributed by atoms with van der Waals surface area (Å²) in [4.78, 5) is 23.1. The summed E-state index contributed by atoms with van der Waals surface area (Å²) in [5.41, 5.74) is 1.35. The number of esters is 1. The van der Waals surface area contributed by atoms with Gasteiger partial charge in [-0.25, -0.2) is 14.8 Å². The Morgan fingerprint density at radius 2 is 1.89 bits per heavy atom. The summed E-state index contributed by atoms with van der Waals surface area (Å²) in [6.45, 7) is 2.57. The minimum absolute atomic E-state index is 0.0386. The van der Waals surface area contributed by atoms with Crippen molar-refractivity contribution >= 4 is 11.8 Å². The third kappa shape index (κ3) is 3.98. The Morgan fingerprint density at radius 1 is 1.07 bits per heavy atom. The Hall–Kier alpha value is -3.19. The molecule has 7 heteroatoms. The highest BCUT2D eigenvalue weighted by Gasteiger charge is 2.21. The number of anilines is 1. The molecule has 3 heterocycles. The molecule has 0 radical (unpaired) electrons. The molecule has 0 spiro atoms. The van der Waals surface area contributed by atoms with Gasteiger partial charge in [0.05, 0.1) is 19.4 Å². The van der Waals surface area contributed by atoms with E-state index in [0.717, 1.165) is 5.56 Å². The van der Waals surface area contributed by atoms with Crippen LogP contribution in [0.25, 0.3) is 11.3 Å². The fraction of sp³-hybridized carbons (Fsp3) is 0.250. The highest BCUT2D eigenvalue weighted by Crippen LogP contribution is 2.22. The zero-order valence-electron chi connectivity index (χ0n) is 14.7. The average molecular weight is 365 g/mol. The lowest BCUT2D eigenvalue weighted by molar-refractivity contribution is 0.0438. The molecule has 138 valence electrons. The first-order valence-corrected chi connectivity index (χ1v) is 8.76. The van der Waals surface area contributed by atoms with Crippen LogP contribution in [0.5, 0.6) is 0 Å². The standard InChI is InChI=1S/C20H19N3O4/c24-20(16-7-4-8-21-19(16)23-9-11-25-12-10-23)26-14-18-22-13-17(27-18)15-5-2-1-3-6-15/h1-8,13H,9-12,14H2. The van der Waals surface area contributed by atoms with Crippen molar-refractivity contribution in [3.63, 3.8) is 0 Å². The van der Waals surface area contributed by atoms with E-state index in [0.29, 0.717) is 49.3 Å². The smallest absolute Gasteiger partial charge is 0.342 e. The van der Waals surface area contributed by atoms with Crippen molar-refractivity contribution in [2.75, 3.05) is 31.2 Å². The maximum Gasteiger partial charge on any atom is 0.342 e. The molecule has 1 aromatic carbocycles. The van der Waals surface area contributed by atoms with E-state index >= 15 is 0 Å². The van der Waals surface area contributed by atoms with E-state index in [1.54, 1.807) is 24.5 Å². The van der Waals surface area contributed by atoms with E-state index < -0.39 is 5.97 Å². The van der Waals surface area contributed by atoms with Crippen LogP contribution in [-0.4, -0.2) is 42.2 Å². The Bertz CT molecular complexity index is 904. The molecular weight excluding hydrogens is 346 g/mol. The van der Waals surface area contributed by atoms with Crippen LogP contribution in [0.2, 0.25) is 0 Å². The Balaban J connectivity index is 1.44. The lowest BCUT2D eigenvalue weighted by atomic mass is 10.2. The second-order valence-corrected chi connectivity index (χ2v) is 6.03. The zero-order valence-corrected chi connectivity index (χ0v) is 14.7. The van der Waals surface area contributed by atoms with Crippen LogP contribution in [0.3, 0.4) is 0 Å². The van der Waals surface area contributed by atoms with Crippen molar-refractivity contribution in [2.24, 2.45) is 0 Å². The first-order chi connectivity index (χ1) is 13.3. The fourth-order valence-electron chi connectivity index (χ4n) is 2.90. The molecule has 7 nitrogen and oxygen atoms in total. The van der Waals surface area contributed by atoms with Gasteiger partial charge < -0.3 is 18.8 Å². The van der Waals surface area contributed by atoms with Crippen LogP contribution in [0.4, 0.5) is 5.82 Å². The molecule has 27 heavy (non-hydrogen) atoms. The Kier molecular flexibility index (Phi) is 5.11. The highest BCUT2D eigenvalue weighted by molar-refractivity contribution is 5.94. The van der Waals surface area contributed by atoms with Gasteiger partial charge in [-0.3, -0.25) is 0 Å². The van der Waals surface area contributed by atoms with E-state index in [-0.39, 0.29) is 6.61 Å². The quantitative estimate of drug-likeness (QED) is 0.643. The number of rotatable bonds is 5. The largest absolute Gasteiger partial charge is 0.452 e. The molecule has 1 aliphatic heterocycles. The number of benzene rings is 1. The number of morpholine rings is 1.